The molecule has 9 heteroatoms. The first-order chi connectivity index (χ1) is 12.6. The number of piperidine rings is 1. The van der Waals surface area contributed by atoms with Crippen LogP contribution in [-0.2, 0) is 0 Å². The summed E-state index contributed by atoms with van der Waals surface area (Å²) in [6.07, 6.45) is 1.76. The molecule has 0 aliphatic carbocycles. The summed E-state index contributed by atoms with van der Waals surface area (Å²) in [6.45, 7) is 3.02. The Kier molecular flexibility index (Phi) is 4.64. The average Bonchev–Trinajstić information content (AvgIpc) is 3.32. The highest BCUT2D eigenvalue weighted by atomic mass is 32.1. The van der Waals surface area contributed by atoms with Crippen LogP contribution in [0.15, 0.2) is 28.4 Å². The zero-order valence-corrected chi connectivity index (χ0v) is 15.8. The van der Waals surface area contributed by atoms with Gasteiger partial charge in [-0.1, -0.05) is 10.6 Å². The Morgan fingerprint density at radius 1 is 1.42 bits per heavy atom. The van der Waals surface area contributed by atoms with E-state index in [-0.39, 0.29) is 17.4 Å². The minimum atomic E-state index is -0.163. The van der Waals surface area contributed by atoms with Crippen molar-refractivity contribution in [1.29, 1.82) is 0 Å². The third-order valence-corrected chi connectivity index (χ3v) is 6.18. The van der Waals surface area contributed by atoms with Gasteiger partial charge in [-0.15, -0.1) is 16.4 Å². The average molecular weight is 387 g/mol. The van der Waals surface area contributed by atoms with Crippen molar-refractivity contribution in [2.75, 3.05) is 13.1 Å². The number of thiophene rings is 1. The van der Waals surface area contributed by atoms with E-state index in [1.54, 1.807) is 18.3 Å². The van der Waals surface area contributed by atoms with E-state index in [1.165, 1.54) is 6.07 Å². The third-order valence-electron chi connectivity index (χ3n) is 4.47. The van der Waals surface area contributed by atoms with Crippen LogP contribution in [0.1, 0.15) is 39.9 Å². The van der Waals surface area contributed by atoms with Crippen LogP contribution in [0.25, 0.3) is 10.6 Å². The van der Waals surface area contributed by atoms with Crippen molar-refractivity contribution in [3.05, 3.63) is 50.3 Å². The second kappa shape index (κ2) is 7.08. The molecule has 1 aliphatic rings. The van der Waals surface area contributed by atoms with E-state index < -0.39 is 0 Å². The molecule has 1 amide bonds. The number of carbonyl (C=O) groups is 1. The maximum absolute atomic E-state index is 12.7. The predicted octanol–water partition coefficient (Wildman–Crippen LogP) is 2.68. The Hall–Kier alpha value is -2.39. The summed E-state index contributed by atoms with van der Waals surface area (Å²) in [7, 11) is 0. The number of rotatable bonds is 3. The number of H-pyrrole nitrogens is 1. The lowest BCUT2D eigenvalue weighted by Gasteiger charge is -2.32. The summed E-state index contributed by atoms with van der Waals surface area (Å²) in [6, 6.07) is 5.41. The molecule has 0 radical (unpaired) electrons. The molecule has 1 fully saturated rings. The predicted molar refractivity (Wildman–Crippen MR) is 101 cm³/mol. The molecule has 1 aliphatic heterocycles. The monoisotopic (exact) mass is 387 g/mol. The minimum Gasteiger partial charge on any atom is -0.337 e. The van der Waals surface area contributed by atoms with Gasteiger partial charge in [-0.05, 0) is 42.7 Å². The van der Waals surface area contributed by atoms with Crippen molar-refractivity contribution < 1.29 is 4.79 Å². The lowest BCUT2D eigenvalue weighted by molar-refractivity contribution is 0.0708. The van der Waals surface area contributed by atoms with Crippen molar-refractivity contribution >= 4 is 28.8 Å². The highest BCUT2D eigenvalue weighted by molar-refractivity contribution is 7.13. The highest BCUT2D eigenvalue weighted by Gasteiger charge is 2.29. The molecule has 0 aromatic carbocycles. The minimum absolute atomic E-state index is 0.0153. The number of likely N-dealkylation sites (tertiary alicyclic amines) is 1. The number of hydrogen-bond donors (Lipinski definition) is 1. The SMILES string of the molecule is Cc1nnsc1C(=O)N1CCC[C@H](c2nc(-c3cccs3)cc(=O)[nH]2)C1. The summed E-state index contributed by atoms with van der Waals surface area (Å²) >= 11 is 2.68. The van der Waals surface area contributed by atoms with Crippen LogP contribution >= 0.6 is 22.9 Å². The molecular weight excluding hydrogens is 370 g/mol. The van der Waals surface area contributed by atoms with Crippen LogP contribution < -0.4 is 5.56 Å². The Balaban J connectivity index is 1.59. The molecule has 1 atom stereocenters. The van der Waals surface area contributed by atoms with Crippen LogP contribution in [-0.4, -0.2) is 43.5 Å². The Morgan fingerprint density at radius 2 is 2.31 bits per heavy atom. The molecule has 0 bridgehead atoms. The highest BCUT2D eigenvalue weighted by Crippen LogP contribution is 2.28. The lowest BCUT2D eigenvalue weighted by Crippen LogP contribution is -2.39. The van der Waals surface area contributed by atoms with Gasteiger partial charge in [0.15, 0.2) is 0 Å². The van der Waals surface area contributed by atoms with Crippen LogP contribution in [0, 0.1) is 6.92 Å². The first-order valence-electron chi connectivity index (χ1n) is 8.35. The number of aryl methyl sites for hydroxylation is 1. The number of nitrogens with zero attached hydrogens (tertiary/aromatic N) is 4. The fraction of sp³-hybridized carbons (Fsp3) is 0.353. The number of carbonyl (C=O) groups excluding carboxylic acids is 1. The second-order valence-corrected chi connectivity index (χ2v) is 7.97. The number of hydrogen-bond acceptors (Lipinski definition) is 7. The van der Waals surface area contributed by atoms with Gasteiger partial charge < -0.3 is 9.88 Å². The smallest absolute Gasteiger partial charge is 0.267 e. The maximum Gasteiger partial charge on any atom is 0.267 e. The Labute approximate surface area is 157 Å². The van der Waals surface area contributed by atoms with Crippen molar-refractivity contribution in [1.82, 2.24) is 24.5 Å². The summed E-state index contributed by atoms with van der Waals surface area (Å²) in [4.78, 5) is 35.7. The molecule has 0 spiro atoms. The lowest BCUT2D eigenvalue weighted by atomic mass is 9.96. The number of nitrogens with one attached hydrogen (secondary N) is 1. The fourth-order valence-corrected chi connectivity index (χ4v) is 4.49. The molecular formula is C17H17N5O2S2. The second-order valence-electron chi connectivity index (χ2n) is 6.27. The van der Waals surface area contributed by atoms with Crippen molar-refractivity contribution in [2.45, 2.75) is 25.7 Å². The van der Waals surface area contributed by atoms with Crippen LogP contribution in [0.3, 0.4) is 0 Å². The molecule has 1 saturated heterocycles. The third kappa shape index (κ3) is 3.32. The van der Waals surface area contributed by atoms with Crippen molar-refractivity contribution in [3.8, 4) is 10.6 Å². The molecule has 4 rings (SSSR count). The molecule has 0 unspecified atom stereocenters. The Bertz CT molecular complexity index is 979. The van der Waals surface area contributed by atoms with E-state index in [4.69, 9.17) is 0 Å². The maximum atomic E-state index is 12.7. The number of aromatic nitrogens is 4. The van der Waals surface area contributed by atoms with Crippen LogP contribution in [0.5, 0.6) is 0 Å². The number of aromatic amines is 1. The van der Waals surface area contributed by atoms with Gasteiger partial charge in [0.25, 0.3) is 11.5 Å². The van der Waals surface area contributed by atoms with Gasteiger partial charge >= 0.3 is 0 Å². The van der Waals surface area contributed by atoms with Gasteiger partial charge in [0, 0.05) is 25.1 Å². The van der Waals surface area contributed by atoms with Gasteiger partial charge in [-0.25, -0.2) is 4.98 Å². The summed E-state index contributed by atoms with van der Waals surface area (Å²) in [5.41, 5.74) is 1.18. The molecule has 7 nitrogen and oxygen atoms in total. The fourth-order valence-electron chi connectivity index (χ4n) is 3.18. The quantitative estimate of drug-likeness (QED) is 0.746. The summed E-state index contributed by atoms with van der Waals surface area (Å²) < 4.78 is 3.85. The standard InChI is InChI=1S/C17H17N5O2S2/c1-10-15(26-21-20-10)17(24)22-6-2-4-11(9-22)16-18-12(8-14(23)19-16)13-5-3-7-25-13/h3,5,7-8,11H,2,4,6,9H2,1H3,(H,18,19,23)/t11-/m0/s1. The molecule has 0 saturated carbocycles. The van der Waals surface area contributed by atoms with E-state index in [2.05, 4.69) is 19.6 Å². The van der Waals surface area contributed by atoms with E-state index in [0.717, 1.165) is 29.3 Å². The first kappa shape index (κ1) is 17.0. The van der Waals surface area contributed by atoms with E-state index >= 15 is 0 Å². The van der Waals surface area contributed by atoms with Crippen molar-refractivity contribution in [3.63, 3.8) is 0 Å². The molecule has 134 valence electrons. The van der Waals surface area contributed by atoms with E-state index in [1.807, 2.05) is 22.4 Å². The Morgan fingerprint density at radius 3 is 3.04 bits per heavy atom. The zero-order valence-electron chi connectivity index (χ0n) is 14.1. The largest absolute Gasteiger partial charge is 0.337 e. The molecule has 3 aromatic heterocycles. The normalized spacial score (nSPS) is 17.4. The van der Waals surface area contributed by atoms with Crippen LogP contribution in [0.2, 0.25) is 0 Å². The number of amides is 1. The van der Waals surface area contributed by atoms with E-state index in [9.17, 15) is 9.59 Å². The molecule has 1 N–H and O–H groups in total. The topological polar surface area (TPSA) is 91.8 Å². The van der Waals surface area contributed by atoms with Crippen LogP contribution in [0.4, 0.5) is 0 Å². The molecule has 4 heterocycles. The van der Waals surface area contributed by atoms with E-state index in [0.29, 0.717) is 35.2 Å². The van der Waals surface area contributed by atoms with Gasteiger partial charge in [0.2, 0.25) is 0 Å². The van der Waals surface area contributed by atoms with Gasteiger partial charge in [0.1, 0.15) is 10.7 Å². The van der Waals surface area contributed by atoms with Gasteiger partial charge in [-0.2, -0.15) is 0 Å². The zero-order chi connectivity index (χ0) is 18.1. The molecule has 26 heavy (non-hydrogen) atoms. The summed E-state index contributed by atoms with van der Waals surface area (Å²) in [5, 5.41) is 5.89. The van der Waals surface area contributed by atoms with Gasteiger partial charge in [0.05, 0.1) is 16.3 Å². The summed E-state index contributed by atoms with van der Waals surface area (Å²) in [5.74, 6) is 0.623. The first-order valence-corrected chi connectivity index (χ1v) is 10.0. The molecule has 3 aromatic rings. The van der Waals surface area contributed by atoms with Crippen molar-refractivity contribution in [2.24, 2.45) is 0 Å². The van der Waals surface area contributed by atoms with Gasteiger partial charge in [-0.3, -0.25) is 9.59 Å².